The topological polar surface area (TPSA) is 111 Å². The van der Waals surface area contributed by atoms with Gasteiger partial charge < -0.3 is 33.3 Å². The van der Waals surface area contributed by atoms with E-state index in [-0.39, 0.29) is 32.7 Å². The van der Waals surface area contributed by atoms with Crippen molar-refractivity contribution in [3.63, 3.8) is 0 Å². The Morgan fingerprint density at radius 3 is 0.796 bits per heavy atom. The fourth-order valence-corrected chi connectivity index (χ4v) is 9.29. The lowest BCUT2D eigenvalue weighted by Gasteiger charge is -2.26. The molecule has 0 aromatic carbocycles. The van der Waals surface area contributed by atoms with Gasteiger partial charge in [-0.05, 0) is 186 Å². The van der Waals surface area contributed by atoms with Crippen LogP contribution in [0.3, 0.4) is 0 Å². The first-order chi connectivity index (χ1) is 50.6. The Balaban J connectivity index is 4.32. The second-order valence-corrected chi connectivity index (χ2v) is 25.8. The van der Waals surface area contributed by atoms with Crippen molar-refractivity contribution >= 4 is 17.9 Å². The van der Waals surface area contributed by atoms with Crippen LogP contribution in [-0.2, 0) is 33.3 Å². The molecule has 0 spiro atoms. The van der Waals surface area contributed by atoms with E-state index >= 15 is 0 Å². The van der Waals surface area contributed by atoms with E-state index in [4.69, 9.17) is 18.9 Å². The van der Waals surface area contributed by atoms with Crippen LogP contribution in [-0.4, -0.2) is 82.3 Å². The van der Waals surface area contributed by atoms with Gasteiger partial charge in [-0.1, -0.05) is 313 Å². The Morgan fingerprint density at radius 1 is 0.291 bits per heavy atom. The highest BCUT2D eigenvalue weighted by Crippen LogP contribution is 2.12. The zero-order chi connectivity index (χ0) is 74.6. The average molecular weight is 1410 g/mol. The second-order valence-electron chi connectivity index (χ2n) is 25.8. The summed E-state index contributed by atoms with van der Waals surface area (Å²) in [5.74, 6) is -2.41. The van der Waals surface area contributed by atoms with Gasteiger partial charge in [-0.2, -0.15) is 0 Å². The van der Waals surface area contributed by atoms with Gasteiger partial charge in [-0.25, -0.2) is 0 Å². The van der Waals surface area contributed by atoms with Crippen molar-refractivity contribution in [1.29, 1.82) is 0 Å². The molecule has 0 heterocycles. The van der Waals surface area contributed by atoms with Crippen molar-refractivity contribution in [3.05, 3.63) is 279 Å². The summed E-state index contributed by atoms with van der Waals surface area (Å²) in [7, 11) is 5.89. The summed E-state index contributed by atoms with van der Waals surface area (Å²) in [6.07, 6.45) is 130. The Kier molecular flexibility index (Phi) is 74.0. The number of allylic oxidation sites excluding steroid dienone is 46. The summed E-state index contributed by atoms with van der Waals surface area (Å²) >= 11 is 0. The number of ether oxygens (including phenoxy) is 4. The second kappa shape index (κ2) is 80.0. The van der Waals surface area contributed by atoms with Crippen LogP contribution in [0.25, 0.3) is 0 Å². The molecule has 568 valence electrons. The summed E-state index contributed by atoms with van der Waals surface area (Å²) in [6, 6.07) is 0. The van der Waals surface area contributed by atoms with E-state index in [0.717, 1.165) is 193 Å². The SMILES string of the molecule is CC/C=C\C/C=C\C/C=C\C/C=C\C/C=C\C/C=C\C/C=C\C/C=C\C/C=C\C/C=C\C/C=C\C/C=C\CCCCC(=O)OC(COC(=O)CCCCCCC/C=C\C/C=C\C/C=C\C/C=C\C/C=C\C/C=C\C/C=C\C/C=C\C/C=C\C/C=C\C/C=C\CC)COC(OCC[N+](C)(C)C)C(=O)[O-]. The minimum atomic E-state index is -1.66. The Hall–Kier alpha value is -7.69. The molecule has 0 fully saturated rings. The Bertz CT molecular complexity index is 2760. The van der Waals surface area contributed by atoms with Crippen molar-refractivity contribution in [2.45, 2.75) is 245 Å². The molecule has 0 aliphatic carbocycles. The molecule has 0 aliphatic heterocycles. The zero-order valence-corrected chi connectivity index (χ0v) is 64.8. The molecule has 0 saturated carbocycles. The lowest BCUT2D eigenvalue weighted by Crippen LogP contribution is -2.44. The lowest BCUT2D eigenvalue weighted by atomic mass is 10.1. The van der Waals surface area contributed by atoms with Gasteiger partial charge in [-0.3, -0.25) is 9.59 Å². The van der Waals surface area contributed by atoms with Crippen molar-refractivity contribution < 1.29 is 42.9 Å². The zero-order valence-electron chi connectivity index (χ0n) is 64.8. The summed E-state index contributed by atoms with van der Waals surface area (Å²) in [5.41, 5.74) is 0. The molecule has 2 unspecified atom stereocenters. The largest absolute Gasteiger partial charge is 0.545 e. The predicted octanol–water partition coefficient (Wildman–Crippen LogP) is 24.4. The van der Waals surface area contributed by atoms with E-state index in [1.54, 1.807) is 0 Å². The quantitative estimate of drug-likeness (QED) is 0.0195. The molecule has 0 aliphatic rings. The summed E-state index contributed by atoms with van der Waals surface area (Å²) in [4.78, 5) is 37.6. The number of carbonyl (C=O) groups is 3. The molecule has 0 N–H and O–H groups in total. The number of nitrogens with zero attached hydrogens (tertiary/aromatic N) is 1. The van der Waals surface area contributed by atoms with Gasteiger partial charge in [0, 0.05) is 12.8 Å². The third-order valence-corrected chi connectivity index (χ3v) is 15.2. The number of rotatable bonds is 68. The van der Waals surface area contributed by atoms with Gasteiger partial charge in [0.2, 0.25) is 0 Å². The maximum absolute atomic E-state index is 12.9. The molecule has 0 aromatic rings. The summed E-state index contributed by atoms with van der Waals surface area (Å²) in [6.45, 7) is 4.40. The van der Waals surface area contributed by atoms with E-state index < -0.39 is 30.3 Å². The number of hydrogen-bond donors (Lipinski definition) is 0. The van der Waals surface area contributed by atoms with Crippen LogP contribution < -0.4 is 5.11 Å². The first kappa shape index (κ1) is 95.3. The molecular formula is C94H139NO8. The van der Waals surface area contributed by atoms with Crippen LogP contribution >= 0.6 is 0 Å². The molecule has 0 saturated heterocycles. The molecule has 0 bridgehead atoms. The molecule has 0 radical (unpaired) electrons. The number of carboxylic acids is 1. The van der Waals surface area contributed by atoms with E-state index in [1.165, 1.54) is 0 Å². The van der Waals surface area contributed by atoms with Gasteiger partial charge in [0.15, 0.2) is 12.4 Å². The number of esters is 2. The summed E-state index contributed by atoms with van der Waals surface area (Å²) < 4.78 is 22.7. The normalized spacial score (nSPS) is 14.2. The standard InChI is InChI=1S/C94H139NO8/c1-6-8-10-12-14-16-18-20-22-24-26-28-30-32-34-36-38-40-42-44-46-48-50-52-54-56-58-60-62-64-66-68-70-72-74-76-78-80-82-84-91(96)101-88-90(89-102-94(93(98)99)100-87-86-95(3,4)5)103-92(97)85-83-81-79-77-75-73-71-69-67-65-63-61-59-57-55-53-51-49-47-45-43-41-39-37-35-33-31-29-27-25-23-21-19-17-15-13-11-9-7-2/h8-11,14-17,20-23,26-29,32-35,38-41,44-47,50-53,56-59,62-65,68-71,75,77,90,94H,6-7,12-13,18-19,24-25,30-31,36-37,42-43,48-49,54-55,60-61,66-67,72-74,76,78-89H2,1-5H3/b10-8-,11-9-,16-14-,17-15-,22-20-,23-21-,28-26-,29-27-,34-32-,35-33-,40-38-,41-39-,46-44-,47-45-,52-50-,53-51-,58-56-,59-57-,64-62-,65-63-,70-68-,71-69-,77-75-. The van der Waals surface area contributed by atoms with Gasteiger partial charge in [0.25, 0.3) is 0 Å². The highest BCUT2D eigenvalue weighted by Gasteiger charge is 2.22. The molecule has 0 aromatic heterocycles. The van der Waals surface area contributed by atoms with Crippen LogP contribution in [0.1, 0.15) is 232 Å². The maximum atomic E-state index is 12.9. The highest BCUT2D eigenvalue weighted by atomic mass is 16.7. The molecular weight excluding hydrogens is 1270 g/mol. The number of carboxylic acid groups (broad SMARTS) is 1. The highest BCUT2D eigenvalue weighted by molar-refractivity contribution is 5.70. The number of carbonyl (C=O) groups excluding carboxylic acids is 3. The van der Waals surface area contributed by atoms with E-state index in [1.807, 2.05) is 21.1 Å². The van der Waals surface area contributed by atoms with Crippen LogP contribution in [0.15, 0.2) is 279 Å². The first-order valence-electron chi connectivity index (χ1n) is 39.1. The minimum Gasteiger partial charge on any atom is -0.545 e. The molecule has 9 heteroatoms. The minimum absolute atomic E-state index is 0.119. The maximum Gasteiger partial charge on any atom is 0.306 e. The lowest BCUT2D eigenvalue weighted by molar-refractivity contribution is -0.870. The smallest absolute Gasteiger partial charge is 0.306 e. The van der Waals surface area contributed by atoms with Crippen LogP contribution in [0.2, 0.25) is 0 Å². The predicted molar refractivity (Wildman–Crippen MR) is 443 cm³/mol. The number of quaternary nitrogens is 1. The Labute approximate surface area is 629 Å². The molecule has 0 rings (SSSR count). The fourth-order valence-electron chi connectivity index (χ4n) is 9.29. The number of aliphatic carboxylic acids is 1. The van der Waals surface area contributed by atoms with Gasteiger partial charge in [0.1, 0.15) is 13.2 Å². The van der Waals surface area contributed by atoms with Crippen LogP contribution in [0, 0.1) is 0 Å². The Morgan fingerprint density at radius 2 is 0.524 bits per heavy atom. The van der Waals surface area contributed by atoms with E-state index in [0.29, 0.717) is 23.9 Å². The van der Waals surface area contributed by atoms with Crippen molar-refractivity contribution in [2.24, 2.45) is 0 Å². The first-order valence-corrected chi connectivity index (χ1v) is 39.1. The van der Waals surface area contributed by atoms with Crippen molar-refractivity contribution in [2.75, 3.05) is 47.5 Å². The van der Waals surface area contributed by atoms with Crippen LogP contribution in [0.5, 0.6) is 0 Å². The average Bonchev–Trinajstić information content (AvgIpc) is 0.985. The van der Waals surface area contributed by atoms with E-state index in [2.05, 4.69) is 293 Å². The van der Waals surface area contributed by atoms with Gasteiger partial charge >= 0.3 is 11.9 Å². The van der Waals surface area contributed by atoms with Gasteiger partial charge in [-0.15, -0.1) is 0 Å². The molecule has 0 amide bonds. The molecule has 2 atom stereocenters. The van der Waals surface area contributed by atoms with Gasteiger partial charge in [0.05, 0.1) is 40.3 Å². The number of hydrogen-bond acceptors (Lipinski definition) is 8. The molecule has 103 heavy (non-hydrogen) atoms. The van der Waals surface area contributed by atoms with Crippen molar-refractivity contribution in [1.82, 2.24) is 0 Å². The third-order valence-electron chi connectivity index (χ3n) is 15.2. The third kappa shape index (κ3) is 81.5. The number of likely N-dealkylation sites (N-methyl/N-ethyl adjacent to an activating group) is 1. The summed E-state index contributed by atoms with van der Waals surface area (Å²) in [5, 5.41) is 11.9. The number of unbranched alkanes of at least 4 members (excludes halogenated alkanes) is 7. The monoisotopic (exact) mass is 1410 g/mol. The van der Waals surface area contributed by atoms with Crippen molar-refractivity contribution in [3.8, 4) is 0 Å². The molecule has 9 nitrogen and oxygen atoms in total. The van der Waals surface area contributed by atoms with E-state index in [9.17, 15) is 19.5 Å². The van der Waals surface area contributed by atoms with Crippen LogP contribution in [0.4, 0.5) is 0 Å². The fraction of sp³-hybridized carbons (Fsp3) is 0.479.